The molecule has 0 saturated heterocycles. The van der Waals surface area contributed by atoms with Crippen molar-refractivity contribution in [3.63, 3.8) is 0 Å². The molecule has 164 valence electrons. The molecule has 4 aromatic rings. The van der Waals surface area contributed by atoms with Crippen LogP contribution in [0.4, 0.5) is 0 Å². The van der Waals surface area contributed by atoms with Crippen LogP contribution in [0.15, 0.2) is 119 Å². The fourth-order valence-corrected chi connectivity index (χ4v) is 4.55. The number of aryl methyl sites for hydroxylation is 2. The van der Waals surface area contributed by atoms with E-state index in [1.807, 2.05) is 11.8 Å². The summed E-state index contributed by atoms with van der Waals surface area (Å²) in [5.74, 6) is 0. The number of hydrogen-bond acceptors (Lipinski definition) is 1. The van der Waals surface area contributed by atoms with E-state index in [0.29, 0.717) is 0 Å². The van der Waals surface area contributed by atoms with E-state index in [0.717, 1.165) is 12.8 Å². The Labute approximate surface area is 202 Å². The van der Waals surface area contributed by atoms with Gasteiger partial charge in [0, 0.05) is 9.79 Å². The average molecular weight is 447 g/mol. The zero-order valence-electron chi connectivity index (χ0n) is 19.4. The van der Waals surface area contributed by atoms with Gasteiger partial charge in [0.25, 0.3) is 0 Å². The topological polar surface area (TPSA) is 0 Å². The van der Waals surface area contributed by atoms with Crippen molar-refractivity contribution in [1.29, 1.82) is 0 Å². The van der Waals surface area contributed by atoms with Crippen LogP contribution in [0.1, 0.15) is 33.4 Å². The summed E-state index contributed by atoms with van der Waals surface area (Å²) in [6.45, 7) is 4.26. The molecule has 0 amide bonds. The Morgan fingerprint density at radius 3 is 1.36 bits per heavy atom. The Bertz CT molecular complexity index is 1130. The van der Waals surface area contributed by atoms with Gasteiger partial charge in [0.05, 0.1) is 0 Å². The first kappa shape index (κ1) is 22.9. The van der Waals surface area contributed by atoms with Gasteiger partial charge in [-0.3, -0.25) is 0 Å². The normalized spacial score (nSPS) is 11.5. The van der Waals surface area contributed by atoms with Gasteiger partial charge in [-0.05, 0) is 73.2 Å². The fourth-order valence-electron chi connectivity index (χ4n) is 3.73. The van der Waals surface area contributed by atoms with Gasteiger partial charge < -0.3 is 0 Å². The lowest BCUT2D eigenvalue weighted by Gasteiger charge is -2.05. The van der Waals surface area contributed by atoms with Crippen LogP contribution >= 0.6 is 11.8 Å². The number of hydrogen-bond donors (Lipinski definition) is 0. The van der Waals surface area contributed by atoms with Crippen molar-refractivity contribution in [1.82, 2.24) is 0 Å². The SMILES string of the molecule is Cc1cccc(/C=C\Cc2ccc(Sc3ccc(C/C=C\c4cccc(C)c4)cc3)cc2)c1. The number of benzene rings is 4. The minimum atomic E-state index is 0.948. The first-order valence-corrected chi connectivity index (χ1v) is 12.3. The zero-order chi connectivity index (χ0) is 22.9. The summed E-state index contributed by atoms with van der Waals surface area (Å²) < 4.78 is 0. The highest BCUT2D eigenvalue weighted by atomic mass is 32.2. The molecular formula is C32H30S. The molecule has 4 rings (SSSR count). The molecule has 0 spiro atoms. The van der Waals surface area contributed by atoms with Gasteiger partial charge in [0.2, 0.25) is 0 Å². The van der Waals surface area contributed by atoms with E-state index in [1.165, 1.54) is 43.2 Å². The lowest BCUT2D eigenvalue weighted by molar-refractivity contribution is 1.24. The third kappa shape index (κ3) is 7.37. The van der Waals surface area contributed by atoms with Crippen molar-refractivity contribution in [3.8, 4) is 0 Å². The van der Waals surface area contributed by atoms with Crippen molar-refractivity contribution < 1.29 is 0 Å². The van der Waals surface area contributed by atoms with Gasteiger partial charge in [0.15, 0.2) is 0 Å². The molecule has 0 N–H and O–H groups in total. The molecule has 0 aliphatic carbocycles. The van der Waals surface area contributed by atoms with Gasteiger partial charge in [-0.1, -0.05) is 120 Å². The van der Waals surface area contributed by atoms with Crippen LogP contribution < -0.4 is 0 Å². The average Bonchev–Trinajstić information content (AvgIpc) is 2.82. The van der Waals surface area contributed by atoms with Crippen LogP contribution in [0.5, 0.6) is 0 Å². The maximum atomic E-state index is 2.24. The Kier molecular flexibility index (Phi) is 8.00. The molecule has 0 aromatic heterocycles. The van der Waals surface area contributed by atoms with Crippen molar-refractivity contribution in [2.24, 2.45) is 0 Å². The maximum absolute atomic E-state index is 2.24. The van der Waals surface area contributed by atoms with Gasteiger partial charge in [-0.25, -0.2) is 0 Å². The highest BCUT2D eigenvalue weighted by molar-refractivity contribution is 7.99. The number of allylic oxidation sites excluding steroid dienone is 2. The van der Waals surface area contributed by atoms with Crippen molar-refractivity contribution in [3.05, 3.63) is 143 Å². The van der Waals surface area contributed by atoms with E-state index in [9.17, 15) is 0 Å². The Morgan fingerprint density at radius 2 is 0.970 bits per heavy atom. The van der Waals surface area contributed by atoms with Crippen molar-refractivity contribution in [2.75, 3.05) is 0 Å². The summed E-state index contributed by atoms with van der Waals surface area (Å²) >= 11 is 1.81. The van der Waals surface area contributed by atoms with E-state index in [-0.39, 0.29) is 0 Å². The summed E-state index contributed by atoms with van der Waals surface area (Å²) in [5, 5.41) is 0. The van der Waals surface area contributed by atoms with E-state index in [1.54, 1.807) is 0 Å². The first-order valence-electron chi connectivity index (χ1n) is 11.5. The van der Waals surface area contributed by atoms with Gasteiger partial charge in [-0.2, -0.15) is 0 Å². The molecule has 0 aliphatic rings. The molecule has 4 aromatic carbocycles. The molecule has 0 unspecified atom stereocenters. The molecular weight excluding hydrogens is 416 g/mol. The first-order chi connectivity index (χ1) is 16.1. The Balaban J connectivity index is 1.28. The Morgan fingerprint density at radius 1 is 0.545 bits per heavy atom. The van der Waals surface area contributed by atoms with E-state index in [4.69, 9.17) is 0 Å². The predicted molar refractivity (Wildman–Crippen MR) is 145 cm³/mol. The molecule has 0 nitrogen and oxygen atoms in total. The third-order valence-electron chi connectivity index (χ3n) is 5.49. The molecule has 0 atom stereocenters. The monoisotopic (exact) mass is 446 g/mol. The second kappa shape index (κ2) is 11.5. The second-order valence-electron chi connectivity index (χ2n) is 8.43. The van der Waals surface area contributed by atoms with Crippen LogP contribution in [-0.4, -0.2) is 0 Å². The van der Waals surface area contributed by atoms with Crippen LogP contribution in [0.2, 0.25) is 0 Å². The van der Waals surface area contributed by atoms with Crippen molar-refractivity contribution in [2.45, 2.75) is 36.5 Å². The van der Waals surface area contributed by atoms with Gasteiger partial charge >= 0.3 is 0 Å². The molecule has 0 aliphatic heterocycles. The summed E-state index contributed by atoms with van der Waals surface area (Å²) in [5.41, 5.74) is 7.78. The summed E-state index contributed by atoms with van der Waals surface area (Å²) in [4.78, 5) is 2.54. The molecule has 0 heterocycles. The zero-order valence-corrected chi connectivity index (χ0v) is 20.2. The van der Waals surface area contributed by atoms with Gasteiger partial charge in [0.1, 0.15) is 0 Å². The lowest BCUT2D eigenvalue weighted by atomic mass is 10.1. The Hall–Kier alpha value is -3.29. The smallest absolute Gasteiger partial charge is 0.0122 e. The summed E-state index contributed by atoms with van der Waals surface area (Å²) in [6, 6.07) is 35.0. The second-order valence-corrected chi connectivity index (χ2v) is 9.58. The molecule has 0 bridgehead atoms. The minimum absolute atomic E-state index is 0.948. The molecule has 0 saturated carbocycles. The maximum Gasteiger partial charge on any atom is 0.0122 e. The minimum Gasteiger partial charge on any atom is -0.0901 e. The van der Waals surface area contributed by atoms with E-state index >= 15 is 0 Å². The highest BCUT2D eigenvalue weighted by Crippen LogP contribution is 2.28. The molecule has 0 radical (unpaired) electrons. The third-order valence-corrected chi connectivity index (χ3v) is 6.51. The van der Waals surface area contributed by atoms with Crippen molar-refractivity contribution >= 4 is 23.9 Å². The highest BCUT2D eigenvalue weighted by Gasteiger charge is 1.99. The molecule has 33 heavy (non-hydrogen) atoms. The predicted octanol–water partition coefficient (Wildman–Crippen LogP) is 8.97. The lowest BCUT2D eigenvalue weighted by Crippen LogP contribution is -1.83. The van der Waals surface area contributed by atoms with Crippen LogP contribution in [0.25, 0.3) is 12.2 Å². The van der Waals surface area contributed by atoms with Crippen LogP contribution in [-0.2, 0) is 12.8 Å². The standard InChI is InChI=1S/C32H30S/c1-25-7-3-11-29(23-25)13-5-9-27-15-19-31(20-16-27)33-32-21-17-28(18-22-32)10-6-14-30-12-4-8-26(2)24-30/h3-8,11-24H,9-10H2,1-2H3/b13-5-,14-6-. The summed E-state index contributed by atoms with van der Waals surface area (Å²) in [7, 11) is 0. The van der Waals surface area contributed by atoms with Crippen LogP contribution in [0.3, 0.4) is 0 Å². The summed E-state index contributed by atoms with van der Waals surface area (Å²) in [6.07, 6.45) is 10.8. The quantitative estimate of drug-likeness (QED) is 0.260. The molecule has 1 heteroatoms. The largest absolute Gasteiger partial charge is 0.0901 e. The van der Waals surface area contributed by atoms with E-state index < -0.39 is 0 Å². The van der Waals surface area contributed by atoms with Gasteiger partial charge in [-0.15, -0.1) is 0 Å². The fraction of sp³-hybridized carbons (Fsp3) is 0.125. The van der Waals surface area contributed by atoms with Crippen LogP contribution in [0, 0.1) is 13.8 Å². The molecule has 0 fully saturated rings. The number of rotatable bonds is 8. The van der Waals surface area contributed by atoms with E-state index in [2.05, 4.69) is 135 Å².